The molecule has 0 aliphatic carbocycles. The molecule has 0 saturated carbocycles. The molecule has 1 aliphatic rings. The Labute approximate surface area is 202 Å². The number of benzene rings is 3. The highest BCUT2D eigenvalue weighted by Crippen LogP contribution is 2.27. The van der Waals surface area contributed by atoms with Crippen molar-refractivity contribution in [1.82, 2.24) is 4.90 Å². The van der Waals surface area contributed by atoms with Crippen LogP contribution in [0.15, 0.2) is 83.8 Å². The molecular formula is C27H32N2O4S. The van der Waals surface area contributed by atoms with Gasteiger partial charge in [0, 0.05) is 6.04 Å². The van der Waals surface area contributed by atoms with E-state index in [0.29, 0.717) is 11.7 Å². The standard InChI is InChI=1S/C27H32N2O4S/c30-21-25-7-5-19-28(25)18-4-6-22-10-14-24(15-11-22)29(20-23-12-16-26(31)17-13-23)34(32,33)27-8-2-1-3-9-27/h1-3,8-17,25,30-31H,4-7,18-21H2. The third-order valence-electron chi connectivity index (χ3n) is 6.44. The second-order valence-electron chi connectivity index (χ2n) is 8.78. The van der Waals surface area contributed by atoms with Crippen LogP contribution in [0.25, 0.3) is 0 Å². The first kappa shape index (κ1) is 24.3. The number of sulfonamides is 1. The van der Waals surface area contributed by atoms with E-state index < -0.39 is 10.0 Å². The van der Waals surface area contributed by atoms with E-state index in [1.54, 1.807) is 54.6 Å². The predicted octanol–water partition coefficient (Wildman–Crippen LogP) is 4.18. The summed E-state index contributed by atoms with van der Waals surface area (Å²) in [7, 11) is -3.77. The third-order valence-corrected chi connectivity index (χ3v) is 8.23. The summed E-state index contributed by atoms with van der Waals surface area (Å²) in [6.07, 6.45) is 4.11. The van der Waals surface area contributed by atoms with E-state index in [2.05, 4.69) is 4.90 Å². The average Bonchev–Trinajstić information content (AvgIpc) is 3.32. The maximum absolute atomic E-state index is 13.5. The van der Waals surface area contributed by atoms with Gasteiger partial charge in [-0.15, -0.1) is 0 Å². The molecule has 1 saturated heterocycles. The fourth-order valence-corrected chi connectivity index (χ4v) is 5.99. The van der Waals surface area contributed by atoms with Gasteiger partial charge in [-0.25, -0.2) is 8.42 Å². The molecule has 0 amide bonds. The summed E-state index contributed by atoms with van der Waals surface area (Å²) in [5, 5.41) is 19.1. The molecule has 1 heterocycles. The zero-order valence-corrected chi connectivity index (χ0v) is 20.1. The van der Waals surface area contributed by atoms with E-state index in [1.807, 2.05) is 24.3 Å². The van der Waals surface area contributed by atoms with Crippen LogP contribution in [0.5, 0.6) is 5.75 Å². The normalized spacial score (nSPS) is 16.6. The lowest BCUT2D eigenvalue weighted by Crippen LogP contribution is -2.33. The number of rotatable bonds is 10. The van der Waals surface area contributed by atoms with E-state index in [0.717, 1.165) is 49.9 Å². The van der Waals surface area contributed by atoms with Gasteiger partial charge in [-0.3, -0.25) is 9.21 Å². The number of anilines is 1. The van der Waals surface area contributed by atoms with Gasteiger partial charge >= 0.3 is 0 Å². The number of aliphatic hydroxyl groups is 1. The van der Waals surface area contributed by atoms with Crippen LogP contribution in [0.4, 0.5) is 5.69 Å². The first-order valence-electron chi connectivity index (χ1n) is 11.8. The Morgan fingerprint density at radius 3 is 2.26 bits per heavy atom. The molecule has 0 radical (unpaired) electrons. The molecule has 2 N–H and O–H groups in total. The van der Waals surface area contributed by atoms with Crippen LogP contribution in [0.3, 0.4) is 0 Å². The number of hydrogen-bond acceptors (Lipinski definition) is 5. The van der Waals surface area contributed by atoms with Gasteiger partial charge in [0.25, 0.3) is 10.0 Å². The predicted molar refractivity (Wildman–Crippen MR) is 134 cm³/mol. The van der Waals surface area contributed by atoms with Crippen LogP contribution < -0.4 is 4.31 Å². The molecule has 7 heteroatoms. The number of phenolic OH excluding ortho intramolecular Hbond substituents is 1. The van der Waals surface area contributed by atoms with Gasteiger partial charge in [-0.1, -0.05) is 42.5 Å². The third kappa shape index (κ3) is 5.78. The van der Waals surface area contributed by atoms with Crippen LogP contribution in [-0.4, -0.2) is 49.3 Å². The number of aromatic hydroxyl groups is 1. The number of likely N-dealkylation sites (tertiary alicyclic amines) is 1. The Morgan fingerprint density at radius 2 is 1.59 bits per heavy atom. The fourth-order valence-electron chi connectivity index (χ4n) is 4.51. The van der Waals surface area contributed by atoms with Gasteiger partial charge in [-0.2, -0.15) is 0 Å². The molecule has 34 heavy (non-hydrogen) atoms. The molecule has 0 spiro atoms. The Bertz CT molecular complexity index is 1150. The molecule has 4 rings (SSSR count). The van der Waals surface area contributed by atoms with E-state index in [4.69, 9.17) is 0 Å². The minimum Gasteiger partial charge on any atom is -0.508 e. The number of nitrogens with zero attached hydrogens (tertiary/aromatic N) is 2. The van der Waals surface area contributed by atoms with Gasteiger partial charge in [0.15, 0.2) is 0 Å². The van der Waals surface area contributed by atoms with Crippen molar-refractivity contribution in [2.45, 2.75) is 43.2 Å². The van der Waals surface area contributed by atoms with Gasteiger partial charge in [-0.05, 0) is 86.3 Å². The van der Waals surface area contributed by atoms with Crippen molar-refractivity contribution in [2.24, 2.45) is 0 Å². The zero-order chi connectivity index (χ0) is 24.0. The van der Waals surface area contributed by atoms with Crippen LogP contribution in [0.1, 0.15) is 30.4 Å². The Morgan fingerprint density at radius 1 is 0.912 bits per heavy atom. The second-order valence-corrected chi connectivity index (χ2v) is 10.6. The maximum atomic E-state index is 13.5. The van der Waals surface area contributed by atoms with Crippen molar-refractivity contribution >= 4 is 15.7 Å². The monoisotopic (exact) mass is 480 g/mol. The molecule has 3 aromatic carbocycles. The highest BCUT2D eigenvalue weighted by atomic mass is 32.2. The molecule has 3 aromatic rings. The van der Waals surface area contributed by atoms with Gasteiger partial charge in [0.1, 0.15) is 5.75 Å². The maximum Gasteiger partial charge on any atom is 0.264 e. The van der Waals surface area contributed by atoms with Crippen LogP contribution >= 0.6 is 0 Å². The Kier molecular flexibility index (Phi) is 7.88. The molecule has 6 nitrogen and oxygen atoms in total. The summed E-state index contributed by atoms with van der Waals surface area (Å²) >= 11 is 0. The first-order chi connectivity index (χ1) is 16.5. The lowest BCUT2D eigenvalue weighted by Gasteiger charge is -2.25. The topological polar surface area (TPSA) is 81.1 Å². The van der Waals surface area contributed by atoms with E-state index in [-0.39, 0.29) is 23.8 Å². The lowest BCUT2D eigenvalue weighted by atomic mass is 10.1. The first-order valence-corrected chi connectivity index (χ1v) is 13.2. The van der Waals surface area contributed by atoms with Crippen LogP contribution in [0, 0.1) is 0 Å². The number of phenols is 1. The summed E-state index contributed by atoms with van der Waals surface area (Å²) in [6.45, 7) is 2.39. The number of aryl methyl sites for hydroxylation is 1. The Hall–Kier alpha value is -2.87. The molecule has 0 bridgehead atoms. The summed E-state index contributed by atoms with van der Waals surface area (Å²) in [5.74, 6) is 0.143. The molecule has 0 aromatic heterocycles. The summed E-state index contributed by atoms with van der Waals surface area (Å²) < 4.78 is 28.4. The van der Waals surface area contributed by atoms with Gasteiger partial charge < -0.3 is 10.2 Å². The van der Waals surface area contributed by atoms with Crippen molar-refractivity contribution in [1.29, 1.82) is 0 Å². The highest BCUT2D eigenvalue weighted by Gasteiger charge is 2.25. The van der Waals surface area contributed by atoms with Gasteiger partial charge in [0.05, 0.1) is 23.7 Å². The van der Waals surface area contributed by atoms with E-state index in [9.17, 15) is 18.6 Å². The average molecular weight is 481 g/mol. The van der Waals surface area contributed by atoms with Crippen molar-refractivity contribution in [3.8, 4) is 5.75 Å². The molecule has 1 fully saturated rings. The second kappa shape index (κ2) is 11.0. The molecule has 1 atom stereocenters. The van der Waals surface area contributed by atoms with Crippen LogP contribution in [-0.2, 0) is 23.0 Å². The minimum absolute atomic E-state index is 0.143. The summed E-state index contributed by atoms with van der Waals surface area (Å²) in [6, 6.07) is 23.0. The number of aliphatic hydroxyl groups excluding tert-OH is 1. The van der Waals surface area contributed by atoms with Crippen molar-refractivity contribution in [3.63, 3.8) is 0 Å². The molecule has 1 unspecified atom stereocenters. The largest absolute Gasteiger partial charge is 0.508 e. The Balaban J connectivity index is 1.51. The number of hydrogen-bond donors (Lipinski definition) is 2. The summed E-state index contributed by atoms with van der Waals surface area (Å²) in [5.41, 5.74) is 2.54. The molecule has 1 aliphatic heterocycles. The lowest BCUT2D eigenvalue weighted by molar-refractivity contribution is 0.158. The van der Waals surface area contributed by atoms with E-state index in [1.165, 1.54) is 4.31 Å². The minimum atomic E-state index is -3.77. The summed E-state index contributed by atoms with van der Waals surface area (Å²) in [4.78, 5) is 2.60. The quantitative estimate of drug-likeness (QED) is 0.455. The highest BCUT2D eigenvalue weighted by molar-refractivity contribution is 7.92. The van der Waals surface area contributed by atoms with E-state index >= 15 is 0 Å². The molecule has 180 valence electrons. The van der Waals surface area contributed by atoms with Crippen molar-refractivity contribution in [2.75, 3.05) is 24.0 Å². The van der Waals surface area contributed by atoms with Crippen molar-refractivity contribution in [3.05, 3.63) is 90.0 Å². The van der Waals surface area contributed by atoms with Gasteiger partial charge in [0.2, 0.25) is 0 Å². The van der Waals surface area contributed by atoms with Crippen LogP contribution in [0.2, 0.25) is 0 Å². The van der Waals surface area contributed by atoms with Crippen molar-refractivity contribution < 1.29 is 18.6 Å². The zero-order valence-electron chi connectivity index (χ0n) is 19.3. The fraction of sp³-hybridized carbons (Fsp3) is 0.333. The molecular weight excluding hydrogens is 448 g/mol. The SMILES string of the molecule is O=S(=O)(c1ccccc1)N(Cc1ccc(O)cc1)c1ccc(CCCN2CCCC2CO)cc1. The smallest absolute Gasteiger partial charge is 0.264 e.